The van der Waals surface area contributed by atoms with E-state index in [0.717, 1.165) is 33.9 Å². The summed E-state index contributed by atoms with van der Waals surface area (Å²) in [5.74, 6) is 3.05. The van der Waals surface area contributed by atoms with Crippen molar-refractivity contribution in [1.82, 2.24) is 0 Å². The molecule has 90 valence electrons. The summed E-state index contributed by atoms with van der Waals surface area (Å²) < 4.78 is 6.77. The summed E-state index contributed by atoms with van der Waals surface area (Å²) >= 11 is 5.32. The highest BCUT2D eigenvalue weighted by atomic mass is 79.9. The van der Waals surface area contributed by atoms with Crippen LogP contribution in [0.4, 0.5) is 0 Å². The van der Waals surface area contributed by atoms with E-state index in [1.165, 1.54) is 0 Å². The lowest BCUT2D eigenvalue weighted by molar-refractivity contribution is 0.338. The first-order valence-electron chi connectivity index (χ1n) is 5.40. The van der Waals surface area contributed by atoms with Crippen LogP contribution >= 0.6 is 27.7 Å². The molecule has 1 aromatic carbocycles. The summed E-state index contributed by atoms with van der Waals surface area (Å²) in [6.07, 6.45) is 0. The Balaban J connectivity index is 2.64. The van der Waals surface area contributed by atoms with E-state index in [4.69, 9.17) is 10.5 Å². The van der Waals surface area contributed by atoms with Crippen molar-refractivity contribution in [2.45, 2.75) is 19.9 Å². The molecule has 16 heavy (non-hydrogen) atoms. The molecule has 1 rings (SSSR count). The molecule has 0 radical (unpaired) electrons. The maximum atomic E-state index is 5.91. The molecule has 2 N–H and O–H groups in total. The highest BCUT2D eigenvalue weighted by Gasteiger charge is 2.08. The van der Waals surface area contributed by atoms with E-state index in [1.54, 1.807) is 0 Å². The number of thioether (sulfide) groups is 1. The van der Waals surface area contributed by atoms with E-state index in [0.29, 0.717) is 0 Å². The van der Waals surface area contributed by atoms with Gasteiger partial charge in [-0.3, -0.25) is 0 Å². The number of benzene rings is 1. The largest absolute Gasteiger partial charge is 0.492 e. The van der Waals surface area contributed by atoms with E-state index in [2.05, 4.69) is 22.9 Å². The number of ether oxygens (including phenoxy) is 1. The summed E-state index contributed by atoms with van der Waals surface area (Å²) in [5, 5.41) is 0. The van der Waals surface area contributed by atoms with E-state index >= 15 is 0 Å². The zero-order chi connectivity index (χ0) is 12.0. The van der Waals surface area contributed by atoms with Gasteiger partial charge in [0, 0.05) is 21.8 Å². The third-order valence-electron chi connectivity index (χ3n) is 2.15. The summed E-state index contributed by atoms with van der Waals surface area (Å²) in [5.41, 5.74) is 6.96. The second-order valence-electron chi connectivity index (χ2n) is 3.52. The van der Waals surface area contributed by atoms with Gasteiger partial charge in [-0.25, -0.2) is 0 Å². The standard InChI is InChI=1S/C12H18BrNOS/c1-3-16-7-6-15-12-5-4-10(13)8-11(12)9(2)14/h4-5,8-9H,3,6-7,14H2,1-2H3/t9-/m0/s1. The van der Waals surface area contributed by atoms with Crippen LogP contribution in [0.15, 0.2) is 22.7 Å². The number of nitrogens with two attached hydrogens (primary N) is 1. The molecule has 0 aliphatic carbocycles. The molecule has 4 heteroatoms. The van der Waals surface area contributed by atoms with Crippen LogP contribution in [0.3, 0.4) is 0 Å². The van der Waals surface area contributed by atoms with Gasteiger partial charge >= 0.3 is 0 Å². The van der Waals surface area contributed by atoms with E-state index in [9.17, 15) is 0 Å². The lowest BCUT2D eigenvalue weighted by Gasteiger charge is -2.14. The van der Waals surface area contributed by atoms with Crippen molar-refractivity contribution in [1.29, 1.82) is 0 Å². The van der Waals surface area contributed by atoms with Gasteiger partial charge in [-0.1, -0.05) is 22.9 Å². The first-order valence-corrected chi connectivity index (χ1v) is 7.35. The van der Waals surface area contributed by atoms with Crippen molar-refractivity contribution in [3.05, 3.63) is 28.2 Å². The van der Waals surface area contributed by atoms with Crippen molar-refractivity contribution in [3.8, 4) is 5.75 Å². The lowest BCUT2D eigenvalue weighted by Crippen LogP contribution is -2.09. The molecular weight excluding hydrogens is 286 g/mol. The molecule has 0 fully saturated rings. The van der Waals surface area contributed by atoms with Gasteiger partial charge in [-0.05, 0) is 30.9 Å². The zero-order valence-corrected chi connectivity index (χ0v) is 12.1. The fourth-order valence-corrected chi connectivity index (χ4v) is 2.23. The normalized spacial score (nSPS) is 12.5. The molecule has 0 heterocycles. The van der Waals surface area contributed by atoms with Crippen LogP contribution < -0.4 is 10.5 Å². The highest BCUT2D eigenvalue weighted by molar-refractivity contribution is 9.10. The molecule has 0 bridgehead atoms. The van der Waals surface area contributed by atoms with Crippen LogP contribution in [0.1, 0.15) is 25.5 Å². The quantitative estimate of drug-likeness (QED) is 0.816. The van der Waals surface area contributed by atoms with Crippen molar-refractivity contribution in [2.75, 3.05) is 18.1 Å². The van der Waals surface area contributed by atoms with Crippen molar-refractivity contribution >= 4 is 27.7 Å². The van der Waals surface area contributed by atoms with Gasteiger partial charge in [-0.15, -0.1) is 0 Å². The second-order valence-corrected chi connectivity index (χ2v) is 5.83. The predicted octanol–water partition coefficient (Wildman–Crippen LogP) is 3.60. The lowest BCUT2D eigenvalue weighted by atomic mass is 10.1. The third kappa shape index (κ3) is 4.36. The zero-order valence-electron chi connectivity index (χ0n) is 9.70. The van der Waals surface area contributed by atoms with Crippen LogP contribution in [-0.4, -0.2) is 18.1 Å². The van der Waals surface area contributed by atoms with Crippen LogP contribution in [0.2, 0.25) is 0 Å². The maximum absolute atomic E-state index is 5.91. The Morgan fingerprint density at radius 1 is 1.50 bits per heavy atom. The summed E-state index contributed by atoms with van der Waals surface area (Å²) in [4.78, 5) is 0. The van der Waals surface area contributed by atoms with Gasteiger partial charge < -0.3 is 10.5 Å². The minimum absolute atomic E-state index is 0.00803. The van der Waals surface area contributed by atoms with Gasteiger partial charge in [0.15, 0.2) is 0 Å². The maximum Gasteiger partial charge on any atom is 0.124 e. The average molecular weight is 304 g/mol. The van der Waals surface area contributed by atoms with E-state index in [1.807, 2.05) is 36.9 Å². The van der Waals surface area contributed by atoms with Crippen LogP contribution in [0.5, 0.6) is 5.75 Å². The second kappa shape index (κ2) is 7.20. The molecule has 0 saturated carbocycles. The molecule has 1 atom stereocenters. The van der Waals surface area contributed by atoms with Crippen molar-refractivity contribution < 1.29 is 4.74 Å². The Morgan fingerprint density at radius 2 is 2.25 bits per heavy atom. The Labute approximate surface area is 110 Å². The fraction of sp³-hybridized carbons (Fsp3) is 0.500. The Morgan fingerprint density at radius 3 is 2.88 bits per heavy atom. The minimum atomic E-state index is -0.00803. The molecule has 0 aromatic heterocycles. The molecule has 1 aromatic rings. The number of rotatable bonds is 6. The number of hydrogen-bond acceptors (Lipinski definition) is 3. The molecule has 0 unspecified atom stereocenters. The van der Waals surface area contributed by atoms with Gasteiger partial charge in [-0.2, -0.15) is 11.8 Å². The summed E-state index contributed by atoms with van der Waals surface area (Å²) in [6.45, 7) is 4.85. The molecule has 0 aliphatic heterocycles. The topological polar surface area (TPSA) is 35.2 Å². The molecule has 0 saturated heterocycles. The van der Waals surface area contributed by atoms with Gasteiger partial charge in [0.05, 0.1) is 6.61 Å². The first kappa shape index (κ1) is 13.9. The minimum Gasteiger partial charge on any atom is -0.492 e. The first-order chi connectivity index (χ1) is 7.65. The van der Waals surface area contributed by atoms with E-state index < -0.39 is 0 Å². The van der Waals surface area contributed by atoms with Gasteiger partial charge in [0.1, 0.15) is 5.75 Å². The summed E-state index contributed by atoms with van der Waals surface area (Å²) in [6, 6.07) is 5.96. The Kier molecular flexibility index (Phi) is 6.24. The molecular formula is C12H18BrNOS. The summed E-state index contributed by atoms with van der Waals surface area (Å²) in [7, 11) is 0. The number of hydrogen-bond donors (Lipinski definition) is 1. The monoisotopic (exact) mass is 303 g/mol. The third-order valence-corrected chi connectivity index (χ3v) is 3.51. The van der Waals surface area contributed by atoms with Crippen molar-refractivity contribution in [3.63, 3.8) is 0 Å². The average Bonchev–Trinajstić information content (AvgIpc) is 2.26. The SMILES string of the molecule is CCSCCOc1ccc(Br)cc1[C@H](C)N. The molecule has 0 amide bonds. The highest BCUT2D eigenvalue weighted by Crippen LogP contribution is 2.27. The molecule has 0 aliphatic rings. The van der Waals surface area contributed by atoms with Crippen LogP contribution in [-0.2, 0) is 0 Å². The smallest absolute Gasteiger partial charge is 0.124 e. The number of halogens is 1. The van der Waals surface area contributed by atoms with Gasteiger partial charge in [0.25, 0.3) is 0 Å². The van der Waals surface area contributed by atoms with Crippen LogP contribution in [0.25, 0.3) is 0 Å². The predicted molar refractivity (Wildman–Crippen MR) is 75.2 cm³/mol. The van der Waals surface area contributed by atoms with Crippen LogP contribution in [0, 0.1) is 0 Å². The molecule has 0 spiro atoms. The van der Waals surface area contributed by atoms with E-state index in [-0.39, 0.29) is 6.04 Å². The van der Waals surface area contributed by atoms with Gasteiger partial charge in [0.2, 0.25) is 0 Å². The Hall–Kier alpha value is -0.190. The fourth-order valence-electron chi connectivity index (χ4n) is 1.36. The van der Waals surface area contributed by atoms with Crippen molar-refractivity contribution in [2.24, 2.45) is 5.73 Å². The Bertz CT molecular complexity index is 331. The molecule has 2 nitrogen and oxygen atoms in total.